The normalized spacial score (nSPS) is 12.2. The Labute approximate surface area is 125 Å². The molecule has 0 bridgehead atoms. The molecule has 0 aromatic heterocycles. The van der Waals surface area contributed by atoms with Crippen molar-refractivity contribution in [1.29, 1.82) is 0 Å². The molecule has 2 aromatic rings. The third-order valence-electron chi connectivity index (χ3n) is 2.86. The number of methoxy groups -OCH3 is 1. The van der Waals surface area contributed by atoms with Crippen molar-refractivity contribution in [2.24, 2.45) is 0 Å². The van der Waals surface area contributed by atoms with Crippen LogP contribution >= 0.6 is 15.9 Å². The summed E-state index contributed by atoms with van der Waals surface area (Å²) in [6.45, 7) is 0.105. The molecule has 1 atom stereocenters. The van der Waals surface area contributed by atoms with Crippen LogP contribution in [0.15, 0.2) is 36.4 Å². The monoisotopic (exact) mass is 338 g/mol. The molecule has 0 radical (unpaired) electrons. The number of aliphatic hydroxyl groups excluding tert-OH is 1. The number of fused-ring (bicyclic) bond motifs is 1. The fraction of sp³-hybridized carbons (Fsp3) is 0.267. The van der Waals surface area contributed by atoms with Crippen LogP contribution in [-0.4, -0.2) is 36.2 Å². The third kappa shape index (κ3) is 3.29. The lowest BCUT2D eigenvalue weighted by Gasteiger charge is -2.13. The first-order chi connectivity index (χ1) is 9.65. The minimum absolute atomic E-state index is 0.105. The molecule has 2 aromatic carbocycles. The summed E-state index contributed by atoms with van der Waals surface area (Å²) in [4.78, 5) is 11.8. The van der Waals surface area contributed by atoms with Crippen LogP contribution in [-0.2, 0) is 4.74 Å². The van der Waals surface area contributed by atoms with E-state index in [9.17, 15) is 9.90 Å². The number of carbonyl (C=O) groups is 1. The van der Waals surface area contributed by atoms with Gasteiger partial charge in [-0.1, -0.05) is 40.2 Å². The van der Waals surface area contributed by atoms with Gasteiger partial charge in [0.25, 0.3) is 0 Å². The molecule has 1 N–H and O–H groups in total. The van der Waals surface area contributed by atoms with Crippen molar-refractivity contribution in [3.8, 4) is 5.75 Å². The number of benzene rings is 2. The zero-order chi connectivity index (χ0) is 14.5. The van der Waals surface area contributed by atoms with Crippen molar-refractivity contribution in [3.05, 3.63) is 42.0 Å². The van der Waals surface area contributed by atoms with Crippen LogP contribution < -0.4 is 4.74 Å². The van der Waals surface area contributed by atoms with E-state index in [0.717, 1.165) is 10.8 Å². The maximum absolute atomic E-state index is 11.8. The first-order valence-electron chi connectivity index (χ1n) is 6.13. The Morgan fingerprint density at radius 3 is 2.55 bits per heavy atom. The maximum atomic E-state index is 11.8. The van der Waals surface area contributed by atoms with Gasteiger partial charge in [-0.3, -0.25) is 0 Å². The Morgan fingerprint density at radius 2 is 1.95 bits per heavy atom. The second-order valence-electron chi connectivity index (χ2n) is 4.31. The van der Waals surface area contributed by atoms with E-state index in [2.05, 4.69) is 15.9 Å². The van der Waals surface area contributed by atoms with E-state index in [4.69, 9.17) is 9.47 Å². The number of carbonyl (C=O) groups excluding carboxylic acids is 1. The predicted molar refractivity (Wildman–Crippen MR) is 80.6 cm³/mol. The highest BCUT2D eigenvalue weighted by Crippen LogP contribution is 2.27. The molecule has 1 unspecified atom stereocenters. The molecule has 0 aliphatic rings. The summed E-state index contributed by atoms with van der Waals surface area (Å²) in [5.74, 6) is -0.0466. The minimum atomic E-state index is -0.632. The number of alkyl halides is 1. The number of rotatable bonds is 5. The van der Waals surface area contributed by atoms with Gasteiger partial charge in [0.15, 0.2) is 0 Å². The van der Waals surface area contributed by atoms with Gasteiger partial charge in [-0.2, -0.15) is 0 Å². The van der Waals surface area contributed by atoms with E-state index < -0.39 is 12.1 Å². The number of hydrogen-bond acceptors (Lipinski definition) is 4. The van der Waals surface area contributed by atoms with Gasteiger partial charge in [-0.05, 0) is 22.9 Å². The van der Waals surface area contributed by atoms with Crippen molar-refractivity contribution in [1.82, 2.24) is 0 Å². The molecule has 0 saturated heterocycles. The highest BCUT2D eigenvalue weighted by Gasteiger charge is 2.15. The molecule has 0 amide bonds. The molecular formula is C15H15BrO4. The molecule has 0 saturated carbocycles. The van der Waals surface area contributed by atoms with Crippen LogP contribution in [0.25, 0.3) is 10.8 Å². The van der Waals surface area contributed by atoms with E-state index in [0.29, 0.717) is 16.6 Å². The number of aliphatic hydroxyl groups is 1. The number of esters is 1. The summed E-state index contributed by atoms with van der Waals surface area (Å²) < 4.78 is 10.3. The molecule has 5 heteroatoms. The third-order valence-corrected chi connectivity index (χ3v) is 3.61. The van der Waals surface area contributed by atoms with E-state index >= 15 is 0 Å². The molecule has 106 valence electrons. The standard InChI is InChI=1S/C15H15BrO4/c1-19-15(18)13-6-10-4-2-3-5-11(10)7-14(13)20-9-12(17)8-16/h2-7,12,17H,8-9H2,1H3. The number of hydrogen-bond donors (Lipinski definition) is 1. The van der Waals surface area contributed by atoms with Crippen molar-refractivity contribution in [2.75, 3.05) is 19.0 Å². The first-order valence-corrected chi connectivity index (χ1v) is 7.25. The second-order valence-corrected chi connectivity index (χ2v) is 4.95. The van der Waals surface area contributed by atoms with E-state index in [1.807, 2.05) is 24.3 Å². The van der Waals surface area contributed by atoms with Crippen LogP contribution in [0.5, 0.6) is 5.75 Å². The molecular weight excluding hydrogens is 324 g/mol. The largest absolute Gasteiger partial charge is 0.490 e. The maximum Gasteiger partial charge on any atom is 0.341 e. The highest BCUT2D eigenvalue weighted by molar-refractivity contribution is 9.09. The van der Waals surface area contributed by atoms with Crippen molar-refractivity contribution in [2.45, 2.75) is 6.10 Å². The fourth-order valence-corrected chi connectivity index (χ4v) is 2.03. The Balaban J connectivity index is 2.40. The summed E-state index contributed by atoms with van der Waals surface area (Å²) in [7, 11) is 1.33. The van der Waals surface area contributed by atoms with Crippen molar-refractivity contribution < 1.29 is 19.4 Å². The van der Waals surface area contributed by atoms with E-state index in [1.54, 1.807) is 12.1 Å². The molecule has 0 aliphatic heterocycles. The second kappa shape index (κ2) is 6.72. The minimum Gasteiger partial charge on any atom is -0.490 e. The summed E-state index contributed by atoms with van der Waals surface area (Å²) in [5.41, 5.74) is 0.355. The van der Waals surface area contributed by atoms with Crippen LogP contribution in [0.3, 0.4) is 0 Å². The molecule has 0 fully saturated rings. The summed E-state index contributed by atoms with van der Waals surface area (Å²) in [6.07, 6.45) is -0.632. The van der Waals surface area contributed by atoms with Crippen LogP contribution in [0.1, 0.15) is 10.4 Å². The Hall–Kier alpha value is -1.59. The molecule has 0 aliphatic carbocycles. The Morgan fingerprint density at radius 1 is 1.30 bits per heavy atom. The molecule has 2 rings (SSSR count). The summed E-state index contributed by atoms with van der Waals surface area (Å²) in [5, 5.41) is 11.8. The smallest absolute Gasteiger partial charge is 0.341 e. The SMILES string of the molecule is COC(=O)c1cc2ccccc2cc1OCC(O)CBr. The first kappa shape index (κ1) is 14.8. The lowest BCUT2D eigenvalue weighted by Crippen LogP contribution is -2.19. The fourth-order valence-electron chi connectivity index (χ4n) is 1.84. The average molecular weight is 339 g/mol. The highest BCUT2D eigenvalue weighted by atomic mass is 79.9. The Bertz CT molecular complexity index is 612. The summed E-state index contributed by atoms with van der Waals surface area (Å²) in [6, 6.07) is 11.2. The van der Waals surface area contributed by atoms with Gasteiger partial charge in [-0.15, -0.1) is 0 Å². The Kier molecular flexibility index (Phi) is 4.98. The van der Waals surface area contributed by atoms with Crippen LogP contribution in [0.2, 0.25) is 0 Å². The quantitative estimate of drug-likeness (QED) is 0.672. The van der Waals surface area contributed by atoms with E-state index in [1.165, 1.54) is 7.11 Å². The van der Waals surface area contributed by atoms with Gasteiger partial charge >= 0.3 is 5.97 Å². The van der Waals surface area contributed by atoms with Gasteiger partial charge < -0.3 is 14.6 Å². The zero-order valence-electron chi connectivity index (χ0n) is 11.0. The number of ether oxygens (including phenoxy) is 2. The van der Waals surface area contributed by atoms with E-state index in [-0.39, 0.29) is 6.61 Å². The van der Waals surface area contributed by atoms with Crippen LogP contribution in [0.4, 0.5) is 0 Å². The molecule has 20 heavy (non-hydrogen) atoms. The van der Waals surface area contributed by atoms with Crippen molar-refractivity contribution in [3.63, 3.8) is 0 Å². The molecule has 0 spiro atoms. The van der Waals surface area contributed by atoms with Crippen molar-refractivity contribution >= 4 is 32.7 Å². The van der Waals surface area contributed by atoms with Gasteiger partial charge in [0, 0.05) is 5.33 Å². The topological polar surface area (TPSA) is 55.8 Å². The van der Waals surface area contributed by atoms with Crippen LogP contribution in [0, 0.1) is 0 Å². The van der Waals surface area contributed by atoms with Gasteiger partial charge in [-0.25, -0.2) is 4.79 Å². The zero-order valence-corrected chi connectivity index (χ0v) is 12.6. The lowest BCUT2D eigenvalue weighted by atomic mass is 10.1. The van der Waals surface area contributed by atoms with Gasteiger partial charge in [0.1, 0.15) is 17.9 Å². The summed E-state index contributed by atoms with van der Waals surface area (Å²) >= 11 is 3.17. The van der Waals surface area contributed by atoms with Gasteiger partial charge in [0.2, 0.25) is 0 Å². The average Bonchev–Trinajstić information content (AvgIpc) is 2.50. The van der Waals surface area contributed by atoms with Gasteiger partial charge in [0.05, 0.1) is 13.2 Å². The molecule has 4 nitrogen and oxygen atoms in total. The molecule has 0 heterocycles. The predicted octanol–water partition coefficient (Wildman–Crippen LogP) is 2.76. The lowest BCUT2D eigenvalue weighted by molar-refractivity contribution is 0.0591. The number of halogens is 1.